The van der Waals surface area contributed by atoms with Gasteiger partial charge in [-0.15, -0.1) is 11.3 Å². The van der Waals surface area contributed by atoms with Crippen LogP contribution in [-0.2, 0) is 11.3 Å². The van der Waals surface area contributed by atoms with Crippen molar-refractivity contribution in [1.29, 1.82) is 0 Å². The van der Waals surface area contributed by atoms with Gasteiger partial charge < -0.3 is 9.30 Å². The topological polar surface area (TPSA) is 53.2 Å². The number of aliphatic imine (C=N–C) groups is 1. The number of imidazole rings is 1. The van der Waals surface area contributed by atoms with Crippen molar-refractivity contribution >= 4 is 38.7 Å². The van der Waals surface area contributed by atoms with Crippen LogP contribution < -0.4 is 0 Å². The molecule has 0 aliphatic carbocycles. The molecule has 37 heavy (non-hydrogen) atoms. The number of aromatic nitrogens is 2. The first-order valence-electron chi connectivity index (χ1n) is 13.4. The molecule has 1 aromatic carbocycles. The summed E-state index contributed by atoms with van der Waals surface area (Å²) in [6, 6.07) is 12.8. The molecule has 1 fully saturated rings. The zero-order valence-electron chi connectivity index (χ0n) is 21.0. The maximum absolute atomic E-state index is 13.5. The van der Waals surface area contributed by atoms with E-state index in [4.69, 9.17) is 4.99 Å². The fourth-order valence-electron chi connectivity index (χ4n) is 6.26. The molecule has 7 rings (SSSR count). The van der Waals surface area contributed by atoms with Crippen molar-refractivity contribution in [3.63, 3.8) is 0 Å². The lowest BCUT2D eigenvalue weighted by Gasteiger charge is -2.34. The van der Waals surface area contributed by atoms with Crippen LogP contribution in [0.5, 0.6) is 0 Å². The summed E-state index contributed by atoms with van der Waals surface area (Å²) in [5.41, 5.74) is 7.17. The predicted molar refractivity (Wildman–Crippen MR) is 149 cm³/mol. The third kappa shape index (κ3) is 4.40. The maximum atomic E-state index is 13.5. The second-order valence-electron chi connectivity index (χ2n) is 10.6. The molecular formula is C30H31N5OS. The van der Waals surface area contributed by atoms with E-state index in [0.29, 0.717) is 24.8 Å². The maximum Gasteiger partial charge on any atom is 0.223 e. The molecule has 1 saturated heterocycles. The van der Waals surface area contributed by atoms with Crippen LogP contribution in [0.15, 0.2) is 76.5 Å². The van der Waals surface area contributed by atoms with Crippen molar-refractivity contribution in [2.24, 2.45) is 10.9 Å². The molecular weight excluding hydrogens is 478 g/mol. The summed E-state index contributed by atoms with van der Waals surface area (Å²) in [4.78, 5) is 27.3. The molecule has 0 unspecified atom stereocenters. The van der Waals surface area contributed by atoms with Crippen LogP contribution in [0.4, 0.5) is 0 Å². The summed E-state index contributed by atoms with van der Waals surface area (Å²) in [7, 11) is 0. The fraction of sp³-hybridized carbons (Fsp3) is 0.367. The summed E-state index contributed by atoms with van der Waals surface area (Å²) in [5, 5.41) is 3.69. The molecule has 6 heterocycles. The third-order valence-electron chi connectivity index (χ3n) is 8.21. The van der Waals surface area contributed by atoms with Crippen LogP contribution in [-0.4, -0.2) is 63.5 Å². The zero-order valence-corrected chi connectivity index (χ0v) is 21.8. The van der Waals surface area contributed by atoms with Crippen molar-refractivity contribution in [3.05, 3.63) is 82.6 Å². The average Bonchev–Trinajstić information content (AvgIpc) is 3.67. The lowest BCUT2D eigenvalue weighted by Crippen LogP contribution is -2.41. The van der Waals surface area contributed by atoms with Crippen LogP contribution in [0.25, 0.3) is 15.7 Å². The molecule has 0 saturated carbocycles. The Balaban J connectivity index is 1.00. The quantitative estimate of drug-likeness (QED) is 0.372. The number of likely N-dealkylation sites (tertiary alicyclic amines) is 1. The van der Waals surface area contributed by atoms with Crippen molar-refractivity contribution in [3.8, 4) is 0 Å². The second-order valence-corrected chi connectivity index (χ2v) is 11.5. The second kappa shape index (κ2) is 9.54. The minimum atomic E-state index is 0.302. The van der Waals surface area contributed by atoms with Crippen molar-refractivity contribution in [2.45, 2.75) is 32.2 Å². The number of hydrogen-bond donors (Lipinski definition) is 0. The standard InChI is InChI=1S/C30H31N5OS/c36-29(14-21-4-3-11-33(16-21)17-24-20-37-27-6-2-1-5-25(24)27)35-12-9-22-15-32-30(26(22)19-35)23-7-8-28-31-10-13-34(28)18-23/h1-2,5-8,10,13,18,20-21H,3-4,9,11-12,14-17,19H2/t21-/m0/s1. The summed E-state index contributed by atoms with van der Waals surface area (Å²) in [6.07, 6.45) is 9.78. The van der Waals surface area contributed by atoms with E-state index in [1.54, 1.807) is 0 Å². The Bertz CT molecular complexity index is 1550. The van der Waals surface area contributed by atoms with Crippen LogP contribution in [0.1, 0.15) is 36.8 Å². The number of benzene rings is 1. The van der Waals surface area contributed by atoms with Crippen LogP contribution in [0.3, 0.4) is 0 Å². The molecule has 0 radical (unpaired) electrons. The SMILES string of the molecule is O=C(C[C@@H]1CCCN(Cc2csc3ccccc23)C1)N1CCC2=C(C1)C(c1ccc3nccn3c1)=NC2. The molecule has 0 N–H and O–H groups in total. The Morgan fingerprint density at radius 3 is 3.05 bits per heavy atom. The molecule has 3 aliphatic rings. The van der Waals surface area contributed by atoms with E-state index < -0.39 is 0 Å². The molecule has 0 spiro atoms. The molecule has 6 nitrogen and oxygen atoms in total. The first-order valence-corrected chi connectivity index (χ1v) is 14.2. The van der Waals surface area contributed by atoms with E-state index in [1.807, 2.05) is 34.2 Å². The fourth-order valence-corrected chi connectivity index (χ4v) is 7.22. The summed E-state index contributed by atoms with van der Waals surface area (Å²) in [5.74, 6) is 0.734. The van der Waals surface area contributed by atoms with Crippen molar-refractivity contribution < 1.29 is 4.79 Å². The van der Waals surface area contributed by atoms with Gasteiger partial charge in [0, 0.05) is 61.5 Å². The number of nitrogens with zero attached hydrogens (tertiary/aromatic N) is 5. The number of fused-ring (bicyclic) bond motifs is 2. The Hall–Kier alpha value is -3.29. The largest absolute Gasteiger partial charge is 0.338 e. The van der Waals surface area contributed by atoms with E-state index in [-0.39, 0.29) is 0 Å². The number of thiophene rings is 1. The average molecular weight is 510 g/mol. The van der Waals surface area contributed by atoms with Gasteiger partial charge in [-0.2, -0.15) is 0 Å². The van der Waals surface area contributed by atoms with Crippen LogP contribution in [0.2, 0.25) is 0 Å². The summed E-state index contributed by atoms with van der Waals surface area (Å²) >= 11 is 1.83. The molecule has 4 aromatic rings. The monoisotopic (exact) mass is 509 g/mol. The highest BCUT2D eigenvalue weighted by Crippen LogP contribution is 2.31. The van der Waals surface area contributed by atoms with Crippen LogP contribution in [0, 0.1) is 5.92 Å². The molecule has 188 valence electrons. The Kier molecular flexibility index (Phi) is 5.90. The van der Waals surface area contributed by atoms with Gasteiger partial charge >= 0.3 is 0 Å². The lowest BCUT2D eigenvalue weighted by molar-refractivity contribution is -0.132. The van der Waals surface area contributed by atoms with Crippen molar-refractivity contribution in [1.82, 2.24) is 19.2 Å². The van der Waals surface area contributed by atoms with Gasteiger partial charge in [0.05, 0.1) is 12.3 Å². The number of amides is 1. The summed E-state index contributed by atoms with van der Waals surface area (Å²) < 4.78 is 3.40. The van der Waals surface area contributed by atoms with Crippen LogP contribution >= 0.6 is 11.3 Å². The van der Waals surface area contributed by atoms with E-state index in [0.717, 1.165) is 62.5 Å². The highest BCUT2D eigenvalue weighted by atomic mass is 32.1. The minimum Gasteiger partial charge on any atom is -0.338 e. The number of pyridine rings is 1. The number of piperidine rings is 1. The third-order valence-corrected chi connectivity index (χ3v) is 9.22. The van der Waals surface area contributed by atoms with Gasteiger partial charge in [0.25, 0.3) is 0 Å². The number of hydrogen-bond acceptors (Lipinski definition) is 5. The van der Waals surface area contributed by atoms with Gasteiger partial charge in [0.2, 0.25) is 5.91 Å². The van der Waals surface area contributed by atoms with Gasteiger partial charge in [-0.05, 0) is 77.4 Å². The van der Waals surface area contributed by atoms with Gasteiger partial charge in [0.15, 0.2) is 0 Å². The Labute approximate surface area is 220 Å². The Morgan fingerprint density at radius 2 is 2.08 bits per heavy atom. The lowest BCUT2D eigenvalue weighted by atomic mass is 9.92. The number of carbonyl (C=O) groups excluding carboxylic acids is 1. The zero-order chi connectivity index (χ0) is 24.8. The highest BCUT2D eigenvalue weighted by Gasteiger charge is 2.31. The molecule has 3 aliphatic heterocycles. The number of carbonyl (C=O) groups is 1. The normalized spacial score (nSPS) is 20.6. The smallest absolute Gasteiger partial charge is 0.223 e. The van der Waals surface area contributed by atoms with E-state index in [1.165, 1.54) is 33.2 Å². The first kappa shape index (κ1) is 22.9. The van der Waals surface area contributed by atoms with Gasteiger partial charge in [0.1, 0.15) is 5.65 Å². The van der Waals surface area contributed by atoms with E-state index in [9.17, 15) is 4.79 Å². The van der Waals surface area contributed by atoms with Gasteiger partial charge in [-0.1, -0.05) is 18.2 Å². The van der Waals surface area contributed by atoms with Gasteiger partial charge in [-0.25, -0.2) is 4.98 Å². The molecule has 3 aromatic heterocycles. The predicted octanol–water partition coefficient (Wildman–Crippen LogP) is 5.18. The van der Waals surface area contributed by atoms with E-state index in [2.05, 4.69) is 56.7 Å². The summed E-state index contributed by atoms with van der Waals surface area (Å²) in [6.45, 7) is 5.38. The van der Waals surface area contributed by atoms with Gasteiger partial charge in [-0.3, -0.25) is 14.7 Å². The van der Waals surface area contributed by atoms with E-state index >= 15 is 0 Å². The minimum absolute atomic E-state index is 0.302. The first-order chi connectivity index (χ1) is 18.2. The van der Waals surface area contributed by atoms with Crippen molar-refractivity contribution in [2.75, 3.05) is 32.7 Å². The highest BCUT2D eigenvalue weighted by molar-refractivity contribution is 7.17. The molecule has 0 bridgehead atoms. The molecule has 1 atom stereocenters. The molecule has 1 amide bonds. The molecule has 7 heteroatoms. The number of rotatable bonds is 5. The Morgan fingerprint density at radius 1 is 1.14 bits per heavy atom.